The molecule has 2 aromatic heterocycles. The first-order valence-electron chi connectivity index (χ1n) is 5.06. The molecule has 1 atom stereocenters. The molecule has 1 unspecified atom stereocenters. The summed E-state index contributed by atoms with van der Waals surface area (Å²) in [4.78, 5) is 9.83. The van der Waals surface area contributed by atoms with Gasteiger partial charge in [0.15, 0.2) is 0 Å². The Bertz CT molecular complexity index is 424. The van der Waals surface area contributed by atoms with Crippen LogP contribution in [-0.4, -0.2) is 9.97 Å². The van der Waals surface area contributed by atoms with Gasteiger partial charge in [-0.3, -0.25) is 21.2 Å². The Kier molecular flexibility index (Phi) is 3.61. The second kappa shape index (κ2) is 5.16. The monoisotopic (exact) mass is 234 g/mol. The van der Waals surface area contributed by atoms with Crippen LogP contribution in [-0.2, 0) is 6.42 Å². The molecule has 0 aromatic carbocycles. The number of nitrogens with zero attached hydrogens (tertiary/aromatic N) is 2. The Morgan fingerprint density at radius 1 is 1.44 bits per heavy atom. The molecule has 0 radical (unpaired) electrons. The van der Waals surface area contributed by atoms with Gasteiger partial charge >= 0.3 is 0 Å². The van der Waals surface area contributed by atoms with E-state index in [1.54, 1.807) is 23.7 Å². The van der Waals surface area contributed by atoms with Gasteiger partial charge in [0.05, 0.1) is 23.6 Å². The summed E-state index contributed by atoms with van der Waals surface area (Å²) in [6, 6.07) is 4.15. The highest BCUT2D eigenvalue weighted by molar-refractivity contribution is 7.09. The van der Waals surface area contributed by atoms with E-state index in [1.165, 1.54) is 4.88 Å². The van der Waals surface area contributed by atoms with Gasteiger partial charge in [-0.05, 0) is 18.4 Å². The fraction of sp³-hybridized carbons (Fsp3) is 0.273. The molecule has 84 valence electrons. The summed E-state index contributed by atoms with van der Waals surface area (Å²) >= 11 is 1.72. The first-order chi connectivity index (χ1) is 7.79. The lowest BCUT2D eigenvalue weighted by Gasteiger charge is -2.13. The summed E-state index contributed by atoms with van der Waals surface area (Å²) in [6.07, 6.45) is 4.37. The predicted molar refractivity (Wildman–Crippen MR) is 64.9 cm³/mol. The van der Waals surface area contributed by atoms with Crippen molar-refractivity contribution in [3.05, 3.63) is 46.2 Å². The minimum Gasteiger partial charge on any atom is -0.271 e. The molecule has 4 nitrogen and oxygen atoms in total. The summed E-state index contributed by atoms with van der Waals surface area (Å²) in [5.74, 6) is 5.55. The summed E-state index contributed by atoms with van der Waals surface area (Å²) in [7, 11) is 0. The smallest absolute Gasteiger partial charge is 0.0773 e. The van der Waals surface area contributed by atoms with E-state index in [2.05, 4.69) is 26.8 Å². The zero-order valence-corrected chi connectivity index (χ0v) is 9.87. The van der Waals surface area contributed by atoms with E-state index in [1.807, 2.05) is 13.0 Å². The summed E-state index contributed by atoms with van der Waals surface area (Å²) in [5.41, 5.74) is 4.57. The first-order valence-corrected chi connectivity index (χ1v) is 5.94. The molecular weight excluding hydrogens is 220 g/mol. The summed E-state index contributed by atoms with van der Waals surface area (Å²) < 4.78 is 0. The second-order valence-electron chi connectivity index (χ2n) is 3.59. The highest BCUT2D eigenvalue weighted by atomic mass is 32.1. The average molecular weight is 234 g/mol. The molecular formula is C11H14N4S. The molecule has 3 N–H and O–H groups in total. The van der Waals surface area contributed by atoms with E-state index < -0.39 is 0 Å². The molecule has 0 saturated carbocycles. The van der Waals surface area contributed by atoms with Crippen LogP contribution >= 0.6 is 11.3 Å². The third kappa shape index (κ3) is 2.63. The van der Waals surface area contributed by atoms with E-state index >= 15 is 0 Å². The third-order valence-corrected chi connectivity index (χ3v) is 3.24. The number of nitrogens with two attached hydrogens (primary N) is 1. The molecule has 0 saturated heterocycles. The molecule has 16 heavy (non-hydrogen) atoms. The maximum Gasteiger partial charge on any atom is 0.0773 e. The van der Waals surface area contributed by atoms with Gasteiger partial charge in [-0.1, -0.05) is 6.07 Å². The number of hydrogen-bond donors (Lipinski definition) is 2. The number of hydrogen-bond acceptors (Lipinski definition) is 5. The van der Waals surface area contributed by atoms with Gasteiger partial charge in [-0.15, -0.1) is 11.3 Å². The van der Waals surface area contributed by atoms with Crippen LogP contribution in [0.1, 0.15) is 22.3 Å². The number of hydrazine groups is 1. The van der Waals surface area contributed by atoms with Gasteiger partial charge in [-0.2, -0.15) is 0 Å². The molecule has 0 fully saturated rings. The van der Waals surface area contributed by atoms with E-state index in [4.69, 9.17) is 5.84 Å². The van der Waals surface area contributed by atoms with Crippen molar-refractivity contribution in [2.45, 2.75) is 19.4 Å². The molecule has 0 aliphatic rings. The van der Waals surface area contributed by atoms with Crippen molar-refractivity contribution in [2.75, 3.05) is 0 Å². The number of nitrogens with one attached hydrogen (secondary N) is 1. The Morgan fingerprint density at radius 2 is 2.31 bits per heavy atom. The van der Waals surface area contributed by atoms with E-state index in [9.17, 15) is 0 Å². The van der Waals surface area contributed by atoms with Crippen molar-refractivity contribution in [1.29, 1.82) is 0 Å². The summed E-state index contributed by atoms with van der Waals surface area (Å²) in [5, 5.41) is 2.06. The Labute approximate surface area is 98.5 Å². The lowest BCUT2D eigenvalue weighted by Crippen LogP contribution is -2.30. The molecule has 0 amide bonds. The molecule has 2 rings (SSSR count). The molecule has 5 heteroatoms. The minimum absolute atomic E-state index is 0.0201. The normalized spacial score (nSPS) is 12.6. The van der Waals surface area contributed by atoms with Crippen LogP contribution in [0.25, 0.3) is 0 Å². The predicted octanol–water partition coefficient (Wildman–Crippen LogP) is 1.59. The molecule has 2 heterocycles. The zero-order valence-electron chi connectivity index (χ0n) is 9.05. The Hall–Kier alpha value is -1.30. The van der Waals surface area contributed by atoms with Crippen LogP contribution in [0.2, 0.25) is 0 Å². The van der Waals surface area contributed by atoms with Gasteiger partial charge in [0.1, 0.15) is 0 Å². The van der Waals surface area contributed by atoms with Gasteiger partial charge in [0.2, 0.25) is 0 Å². The van der Waals surface area contributed by atoms with Gasteiger partial charge in [0, 0.05) is 17.5 Å². The molecule has 0 bridgehead atoms. The topological polar surface area (TPSA) is 63.8 Å². The van der Waals surface area contributed by atoms with Gasteiger partial charge in [0.25, 0.3) is 0 Å². The van der Waals surface area contributed by atoms with Crippen molar-refractivity contribution < 1.29 is 0 Å². The first kappa shape index (κ1) is 11.2. The fourth-order valence-corrected chi connectivity index (χ4v) is 2.21. The van der Waals surface area contributed by atoms with Crippen molar-refractivity contribution in [3.63, 3.8) is 0 Å². The molecule has 2 aromatic rings. The van der Waals surface area contributed by atoms with E-state index in [-0.39, 0.29) is 6.04 Å². The molecule has 0 aliphatic heterocycles. The highest BCUT2D eigenvalue weighted by Crippen LogP contribution is 2.18. The quantitative estimate of drug-likeness (QED) is 0.623. The average Bonchev–Trinajstić information content (AvgIpc) is 2.80. The van der Waals surface area contributed by atoms with Crippen molar-refractivity contribution in [3.8, 4) is 0 Å². The minimum atomic E-state index is 0.0201. The molecule has 0 aliphatic carbocycles. The summed E-state index contributed by atoms with van der Waals surface area (Å²) in [6.45, 7) is 1.92. The fourth-order valence-electron chi connectivity index (χ4n) is 1.46. The van der Waals surface area contributed by atoms with Gasteiger partial charge in [-0.25, -0.2) is 0 Å². The van der Waals surface area contributed by atoms with Crippen LogP contribution in [0.15, 0.2) is 29.9 Å². The maximum atomic E-state index is 5.55. The zero-order chi connectivity index (χ0) is 11.4. The molecule has 0 spiro atoms. The number of rotatable bonds is 4. The third-order valence-electron chi connectivity index (χ3n) is 2.34. The van der Waals surface area contributed by atoms with Crippen molar-refractivity contribution in [1.82, 2.24) is 15.4 Å². The van der Waals surface area contributed by atoms with Crippen LogP contribution in [0, 0.1) is 6.92 Å². The number of thiophene rings is 1. The number of aromatic nitrogens is 2. The largest absolute Gasteiger partial charge is 0.271 e. The standard InChI is InChI=1S/C11H14N4S/c1-8-6-14-11(7-13-8)10(15-12)5-9-3-2-4-16-9/h2-4,6-7,10,15H,5,12H2,1H3. The maximum absolute atomic E-state index is 5.55. The van der Waals surface area contributed by atoms with E-state index in [0.29, 0.717) is 0 Å². The number of aryl methyl sites for hydroxylation is 1. The van der Waals surface area contributed by atoms with Crippen LogP contribution < -0.4 is 11.3 Å². The van der Waals surface area contributed by atoms with E-state index in [0.717, 1.165) is 17.8 Å². The van der Waals surface area contributed by atoms with Crippen molar-refractivity contribution in [2.24, 2.45) is 5.84 Å². The van der Waals surface area contributed by atoms with Crippen LogP contribution in [0.3, 0.4) is 0 Å². The lowest BCUT2D eigenvalue weighted by atomic mass is 10.1. The van der Waals surface area contributed by atoms with Crippen LogP contribution in [0.4, 0.5) is 0 Å². The lowest BCUT2D eigenvalue weighted by molar-refractivity contribution is 0.539. The van der Waals surface area contributed by atoms with Crippen LogP contribution in [0.5, 0.6) is 0 Å². The Morgan fingerprint density at radius 3 is 2.88 bits per heavy atom. The SMILES string of the molecule is Cc1cnc(C(Cc2cccs2)NN)cn1. The Balaban J connectivity index is 2.13. The van der Waals surface area contributed by atoms with Crippen molar-refractivity contribution >= 4 is 11.3 Å². The highest BCUT2D eigenvalue weighted by Gasteiger charge is 2.12. The van der Waals surface area contributed by atoms with Gasteiger partial charge < -0.3 is 0 Å². The second-order valence-corrected chi connectivity index (χ2v) is 4.62.